The van der Waals surface area contributed by atoms with Gasteiger partial charge in [-0.05, 0) is 31.6 Å². The van der Waals surface area contributed by atoms with Gasteiger partial charge in [-0.15, -0.1) is 0 Å². The maximum absolute atomic E-state index is 11.9. The van der Waals surface area contributed by atoms with Crippen molar-refractivity contribution >= 4 is 23.4 Å². The van der Waals surface area contributed by atoms with E-state index in [1.165, 1.54) is 12.1 Å². The van der Waals surface area contributed by atoms with Crippen LogP contribution < -0.4 is 5.32 Å². The zero-order chi connectivity index (χ0) is 16.1. The summed E-state index contributed by atoms with van der Waals surface area (Å²) in [4.78, 5) is 22.3. The number of nitrogens with one attached hydrogen (secondary N) is 1. The van der Waals surface area contributed by atoms with Crippen LogP contribution in [-0.4, -0.2) is 10.8 Å². The smallest absolute Gasteiger partial charge is 0.274 e. The molecule has 0 saturated heterocycles. The number of hydrogen-bond donors (Lipinski definition) is 1. The summed E-state index contributed by atoms with van der Waals surface area (Å²) in [6.45, 7) is 3.64. The molecule has 0 bridgehead atoms. The van der Waals surface area contributed by atoms with Gasteiger partial charge in [0, 0.05) is 23.4 Å². The summed E-state index contributed by atoms with van der Waals surface area (Å²) >= 11 is 0. The Morgan fingerprint density at radius 1 is 1.14 bits per heavy atom. The van der Waals surface area contributed by atoms with E-state index >= 15 is 0 Å². The number of rotatable bonds is 4. The van der Waals surface area contributed by atoms with Crippen LogP contribution in [-0.2, 0) is 4.79 Å². The van der Waals surface area contributed by atoms with Gasteiger partial charge in [-0.1, -0.05) is 35.9 Å². The van der Waals surface area contributed by atoms with Gasteiger partial charge in [-0.3, -0.25) is 14.9 Å². The Morgan fingerprint density at radius 3 is 2.45 bits per heavy atom. The van der Waals surface area contributed by atoms with E-state index in [0.29, 0.717) is 11.3 Å². The normalized spacial score (nSPS) is 10.6. The Labute approximate surface area is 128 Å². The standard InChI is InChI=1S/C17H16N2O3/c1-12-3-6-14(7-4-12)8-10-17(20)18-15-9-5-13(2)16(11-15)19(21)22/h3-11H,1-2H3,(H,18,20)/b10-8+. The molecule has 22 heavy (non-hydrogen) atoms. The van der Waals surface area contributed by atoms with Crippen LogP contribution in [0.4, 0.5) is 11.4 Å². The number of anilines is 1. The third-order valence-corrected chi connectivity index (χ3v) is 3.18. The molecule has 0 atom stereocenters. The van der Waals surface area contributed by atoms with E-state index in [4.69, 9.17) is 0 Å². The van der Waals surface area contributed by atoms with Crippen molar-refractivity contribution in [1.29, 1.82) is 0 Å². The first-order valence-corrected chi connectivity index (χ1v) is 6.76. The number of benzene rings is 2. The molecular formula is C17H16N2O3. The topological polar surface area (TPSA) is 72.2 Å². The van der Waals surface area contributed by atoms with E-state index in [-0.39, 0.29) is 11.6 Å². The quantitative estimate of drug-likeness (QED) is 0.529. The summed E-state index contributed by atoms with van der Waals surface area (Å²) in [6.07, 6.45) is 3.09. The highest BCUT2D eigenvalue weighted by Crippen LogP contribution is 2.22. The second-order valence-corrected chi connectivity index (χ2v) is 4.99. The minimum absolute atomic E-state index is 0.0136. The minimum atomic E-state index is -0.465. The van der Waals surface area contributed by atoms with Crippen molar-refractivity contribution in [2.75, 3.05) is 5.32 Å². The van der Waals surface area contributed by atoms with Crippen LogP contribution in [0.2, 0.25) is 0 Å². The van der Waals surface area contributed by atoms with E-state index in [2.05, 4.69) is 5.32 Å². The van der Waals surface area contributed by atoms with Crippen molar-refractivity contribution in [3.63, 3.8) is 0 Å². The lowest BCUT2D eigenvalue weighted by atomic mass is 10.1. The zero-order valence-corrected chi connectivity index (χ0v) is 12.4. The molecule has 5 heteroatoms. The molecule has 0 radical (unpaired) electrons. The molecule has 2 aromatic carbocycles. The molecule has 112 valence electrons. The minimum Gasteiger partial charge on any atom is -0.322 e. The van der Waals surface area contributed by atoms with Crippen LogP contribution in [0, 0.1) is 24.0 Å². The van der Waals surface area contributed by atoms with Gasteiger partial charge in [0.15, 0.2) is 0 Å². The SMILES string of the molecule is Cc1ccc(/C=C/C(=O)Nc2ccc(C)c([N+](=O)[O-])c2)cc1. The van der Waals surface area contributed by atoms with E-state index in [1.807, 2.05) is 31.2 Å². The highest BCUT2D eigenvalue weighted by Gasteiger charge is 2.11. The lowest BCUT2D eigenvalue weighted by Crippen LogP contribution is -2.08. The molecule has 2 aromatic rings. The molecule has 0 fully saturated rings. The number of nitrogens with zero attached hydrogens (tertiary/aromatic N) is 1. The van der Waals surface area contributed by atoms with Crippen LogP contribution >= 0.6 is 0 Å². The van der Waals surface area contributed by atoms with Gasteiger partial charge < -0.3 is 5.32 Å². The molecule has 0 aliphatic heterocycles. The van der Waals surface area contributed by atoms with Crippen LogP contribution in [0.5, 0.6) is 0 Å². The molecule has 0 aliphatic rings. The number of nitro groups is 1. The van der Waals surface area contributed by atoms with Gasteiger partial charge in [0.2, 0.25) is 5.91 Å². The molecule has 0 heterocycles. The Kier molecular flexibility index (Phi) is 4.68. The number of amides is 1. The van der Waals surface area contributed by atoms with Gasteiger partial charge in [0.05, 0.1) is 4.92 Å². The molecule has 0 aromatic heterocycles. The van der Waals surface area contributed by atoms with Gasteiger partial charge in [-0.2, -0.15) is 0 Å². The molecule has 1 N–H and O–H groups in total. The first-order valence-electron chi connectivity index (χ1n) is 6.76. The molecule has 0 aliphatic carbocycles. The fourth-order valence-corrected chi connectivity index (χ4v) is 1.92. The maximum Gasteiger partial charge on any atom is 0.274 e. The summed E-state index contributed by atoms with van der Waals surface area (Å²) in [6, 6.07) is 12.3. The largest absolute Gasteiger partial charge is 0.322 e. The first kappa shape index (κ1) is 15.4. The molecular weight excluding hydrogens is 280 g/mol. The highest BCUT2D eigenvalue weighted by molar-refractivity contribution is 6.02. The van der Waals surface area contributed by atoms with Crippen LogP contribution in [0.3, 0.4) is 0 Å². The molecule has 0 unspecified atom stereocenters. The number of nitro benzene ring substituents is 1. The molecule has 2 rings (SSSR count). The Hall–Kier alpha value is -2.95. The third kappa shape index (κ3) is 4.02. The average molecular weight is 296 g/mol. The summed E-state index contributed by atoms with van der Waals surface area (Å²) < 4.78 is 0. The number of carbonyl (C=O) groups excluding carboxylic acids is 1. The van der Waals surface area contributed by atoms with Crippen LogP contribution in [0.1, 0.15) is 16.7 Å². The van der Waals surface area contributed by atoms with Gasteiger partial charge >= 0.3 is 0 Å². The van der Waals surface area contributed by atoms with Crippen molar-refractivity contribution in [3.8, 4) is 0 Å². The zero-order valence-electron chi connectivity index (χ0n) is 12.4. The lowest BCUT2D eigenvalue weighted by Gasteiger charge is -2.03. The van der Waals surface area contributed by atoms with Crippen molar-refractivity contribution < 1.29 is 9.72 Å². The maximum atomic E-state index is 11.9. The van der Waals surface area contributed by atoms with Gasteiger partial charge in [0.1, 0.15) is 0 Å². The molecule has 0 saturated carbocycles. The summed E-state index contributed by atoms with van der Waals surface area (Å²) in [7, 11) is 0. The monoisotopic (exact) mass is 296 g/mol. The third-order valence-electron chi connectivity index (χ3n) is 3.18. The summed E-state index contributed by atoms with van der Waals surface area (Å²) in [5, 5.41) is 13.5. The Bertz CT molecular complexity index is 734. The molecule has 5 nitrogen and oxygen atoms in total. The summed E-state index contributed by atoms with van der Waals surface area (Å²) in [5.41, 5.74) is 3.00. The van der Waals surface area contributed by atoms with Crippen molar-refractivity contribution in [2.24, 2.45) is 0 Å². The fourth-order valence-electron chi connectivity index (χ4n) is 1.92. The second-order valence-electron chi connectivity index (χ2n) is 4.99. The highest BCUT2D eigenvalue weighted by atomic mass is 16.6. The second kappa shape index (κ2) is 6.67. The number of aryl methyl sites for hydroxylation is 2. The summed E-state index contributed by atoms with van der Waals surface area (Å²) in [5.74, 6) is -0.335. The molecule has 1 amide bonds. The Balaban J connectivity index is 2.07. The van der Waals surface area contributed by atoms with Crippen LogP contribution in [0.25, 0.3) is 6.08 Å². The predicted molar refractivity (Wildman–Crippen MR) is 86.7 cm³/mol. The number of hydrogen-bond acceptors (Lipinski definition) is 3. The van der Waals surface area contributed by atoms with Crippen LogP contribution in [0.15, 0.2) is 48.5 Å². The Morgan fingerprint density at radius 2 is 1.82 bits per heavy atom. The van der Waals surface area contributed by atoms with E-state index in [0.717, 1.165) is 11.1 Å². The van der Waals surface area contributed by atoms with Crippen molar-refractivity contribution in [1.82, 2.24) is 0 Å². The fraction of sp³-hybridized carbons (Fsp3) is 0.118. The van der Waals surface area contributed by atoms with Crippen molar-refractivity contribution in [2.45, 2.75) is 13.8 Å². The molecule has 0 spiro atoms. The average Bonchev–Trinajstić information content (AvgIpc) is 2.48. The van der Waals surface area contributed by atoms with E-state index < -0.39 is 4.92 Å². The van der Waals surface area contributed by atoms with Gasteiger partial charge in [0.25, 0.3) is 5.69 Å². The van der Waals surface area contributed by atoms with E-state index in [1.54, 1.807) is 25.1 Å². The predicted octanol–water partition coefficient (Wildman–Crippen LogP) is 3.86. The number of carbonyl (C=O) groups is 1. The lowest BCUT2D eigenvalue weighted by molar-refractivity contribution is -0.385. The van der Waals surface area contributed by atoms with Gasteiger partial charge in [-0.25, -0.2) is 0 Å². The first-order chi connectivity index (χ1) is 10.5. The van der Waals surface area contributed by atoms with E-state index in [9.17, 15) is 14.9 Å². The van der Waals surface area contributed by atoms with Crippen molar-refractivity contribution in [3.05, 3.63) is 75.3 Å².